The molecule has 0 unspecified atom stereocenters. The molecule has 7 nitrogen and oxygen atoms in total. The van der Waals surface area contributed by atoms with Crippen LogP contribution in [0.3, 0.4) is 0 Å². The minimum atomic E-state index is -4.63. The van der Waals surface area contributed by atoms with Crippen molar-refractivity contribution in [3.8, 4) is 11.5 Å². The number of ketones is 1. The van der Waals surface area contributed by atoms with Crippen molar-refractivity contribution >= 4 is 36.5 Å². The van der Waals surface area contributed by atoms with Gasteiger partial charge < -0.3 is 18.8 Å². The summed E-state index contributed by atoms with van der Waals surface area (Å²) in [6.07, 6.45) is -0.763. The first-order valence-electron chi connectivity index (χ1n) is 13.8. The predicted octanol–water partition coefficient (Wildman–Crippen LogP) is 7.04. The van der Waals surface area contributed by atoms with Crippen molar-refractivity contribution in [2.24, 2.45) is 0 Å². The van der Waals surface area contributed by atoms with E-state index in [4.69, 9.17) is 25.8 Å². The number of carbonyl (C=O) groups is 1. The van der Waals surface area contributed by atoms with Crippen LogP contribution in [-0.4, -0.2) is 67.8 Å². The Labute approximate surface area is 244 Å². The summed E-state index contributed by atoms with van der Waals surface area (Å²) < 4.78 is 60.4. The highest BCUT2D eigenvalue weighted by Crippen LogP contribution is 2.42. The lowest BCUT2D eigenvalue weighted by Gasteiger charge is -2.26. The topological polar surface area (TPSA) is 65.8 Å². The zero-order valence-electron chi connectivity index (χ0n) is 23.7. The molecule has 41 heavy (non-hydrogen) atoms. The Hall–Kier alpha value is -2.44. The molecule has 1 fully saturated rings. The monoisotopic (exact) mass is 611 g/mol. The highest BCUT2D eigenvalue weighted by Gasteiger charge is 2.36. The molecular weight excluding hydrogens is 575 g/mol. The molecule has 0 saturated carbocycles. The van der Waals surface area contributed by atoms with Gasteiger partial charge in [0.2, 0.25) is 0 Å². The Bertz CT molecular complexity index is 1340. The van der Waals surface area contributed by atoms with Crippen molar-refractivity contribution in [1.82, 2.24) is 14.5 Å². The van der Waals surface area contributed by atoms with Crippen LogP contribution in [0.5, 0.6) is 11.5 Å². The quantitative estimate of drug-likeness (QED) is 0.153. The van der Waals surface area contributed by atoms with Crippen LogP contribution < -0.4 is 4.74 Å². The first kappa shape index (κ1) is 31.5. The number of nitrogens with zero attached hydrogens (tertiary/aromatic N) is 3. The molecule has 3 heterocycles. The van der Waals surface area contributed by atoms with E-state index in [0.717, 1.165) is 57.1 Å². The average Bonchev–Trinajstić information content (AvgIpc) is 3.28. The zero-order chi connectivity index (χ0) is 29.6. The molecule has 1 saturated heterocycles. The SMILES string of the molecule is C[Si](C)(C)CCOCn1cc(C(F)(F)F)c2c(Oc3ccc(CC(=O)CCCN4CCOCC4)cc3Cl)ccnc21. The Balaban J connectivity index is 1.45. The maximum atomic E-state index is 14.0. The second-order valence-electron chi connectivity index (χ2n) is 11.5. The van der Waals surface area contributed by atoms with Gasteiger partial charge in [0.25, 0.3) is 0 Å². The second-order valence-corrected chi connectivity index (χ2v) is 17.5. The lowest BCUT2D eigenvalue weighted by Crippen LogP contribution is -2.37. The fraction of sp³-hybridized carbons (Fsp3) is 0.517. The number of halogens is 4. The zero-order valence-corrected chi connectivity index (χ0v) is 25.5. The van der Waals surface area contributed by atoms with E-state index >= 15 is 0 Å². The van der Waals surface area contributed by atoms with E-state index in [1.54, 1.807) is 18.2 Å². The number of hydrogen-bond donors (Lipinski definition) is 0. The maximum Gasteiger partial charge on any atom is 0.418 e. The van der Waals surface area contributed by atoms with Crippen LogP contribution >= 0.6 is 11.6 Å². The lowest BCUT2D eigenvalue weighted by atomic mass is 10.1. The molecule has 0 aliphatic carbocycles. The minimum absolute atomic E-state index is 0.0167. The second kappa shape index (κ2) is 13.7. The predicted molar refractivity (Wildman–Crippen MR) is 156 cm³/mol. The highest BCUT2D eigenvalue weighted by atomic mass is 35.5. The van der Waals surface area contributed by atoms with Crippen molar-refractivity contribution < 1.29 is 32.2 Å². The number of Topliss-reactive ketones (excluding diaryl/α,β-unsaturated/α-hetero) is 1. The van der Waals surface area contributed by atoms with Gasteiger partial charge in [0.05, 0.1) is 29.2 Å². The van der Waals surface area contributed by atoms with Crippen LogP contribution in [0.1, 0.15) is 24.0 Å². The third kappa shape index (κ3) is 9.02. The number of rotatable bonds is 13. The number of morpholine rings is 1. The first-order chi connectivity index (χ1) is 19.4. The molecule has 0 atom stereocenters. The molecule has 0 spiro atoms. The molecule has 0 N–H and O–H groups in total. The maximum absolute atomic E-state index is 14.0. The van der Waals surface area contributed by atoms with E-state index in [9.17, 15) is 18.0 Å². The number of benzene rings is 1. The summed E-state index contributed by atoms with van der Waals surface area (Å²) in [7, 11) is -1.34. The number of ether oxygens (including phenoxy) is 3. The fourth-order valence-electron chi connectivity index (χ4n) is 4.62. The van der Waals surface area contributed by atoms with E-state index < -0.39 is 19.8 Å². The summed E-state index contributed by atoms with van der Waals surface area (Å²) in [5.74, 6) is 0.272. The van der Waals surface area contributed by atoms with Crippen molar-refractivity contribution in [2.75, 3.05) is 39.5 Å². The number of alkyl halides is 3. The molecular formula is C29H37ClF3N3O4Si. The Morgan fingerprint density at radius 3 is 2.59 bits per heavy atom. The van der Waals surface area contributed by atoms with Crippen molar-refractivity contribution in [1.29, 1.82) is 0 Å². The van der Waals surface area contributed by atoms with Gasteiger partial charge in [-0.15, -0.1) is 0 Å². The fourth-order valence-corrected chi connectivity index (χ4v) is 5.62. The molecule has 0 bridgehead atoms. The van der Waals surface area contributed by atoms with E-state index in [1.807, 2.05) is 0 Å². The Kier molecular flexibility index (Phi) is 10.5. The van der Waals surface area contributed by atoms with E-state index in [1.165, 1.54) is 16.8 Å². The number of hydrogen-bond acceptors (Lipinski definition) is 6. The van der Waals surface area contributed by atoms with Crippen molar-refractivity contribution in [3.63, 3.8) is 0 Å². The van der Waals surface area contributed by atoms with Gasteiger partial charge in [-0.3, -0.25) is 9.69 Å². The molecule has 0 amide bonds. The molecule has 2 aromatic heterocycles. The molecule has 224 valence electrons. The van der Waals surface area contributed by atoms with Gasteiger partial charge in [-0.05, 0) is 42.8 Å². The van der Waals surface area contributed by atoms with Gasteiger partial charge in [0, 0.05) is 53.0 Å². The third-order valence-corrected chi connectivity index (χ3v) is 8.90. The third-order valence-electron chi connectivity index (χ3n) is 6.90. The van der Waals surface area contributed by atoms with Gasteiger partial charge in [-0.1, -0.05) is 37.3 Å². The van der Waals surface area contributed by atoms with Crippen LogP contribution in [0.15, 0.2) is 36.7 Å². The van der Waals surface area contributed by atoms with Crippen LogP contribution in [0.2, 0.25) is 30.7 Å². The number of pyridine rings is 1. The van der Waals surface area contributed by atoms with Crippen LogP contribution in [0.25, 0.3) is 11.0 Å². The first-order valence-corrected chi connectivity index (χ1v) is 17.9. The van der Waals surface area contributed by atoms with E-state index in [2.05, 4.69) is 29.5 Å². The molecule has 1 aliphatic heterocycles. The average molecular weight is 612 g/mol. The summed E-state index contributed by atoms with van der Waals surface area (Å²) in [6.45, 7) is 11.1. The smallest absolute Gasteiger partial charge is 0.418 e. The summed E-state index contributed by atoms with van der Waals surface area (Å²) in [5.41, 5.74) is -0.0331. The van der Waals surface area contributed by atoms with Gasteiger partial charge >= 0.3 is 6.18 Å². The van der Waals surface area contributed by atoms with E-state index in [-0.39, 0.29) is 46.5 Å². The Morgan fingerprint density at radius 1 is 1.15 bits per heavy atom. The van der Waals surface area contributed by atoms with Crippen LogP contribution in [0.4, 0.5) is 13.2 Å². The summed E-state index contributed by atoms with van der Waals surface area (Å²) in [5, 5.41) is 0.0423. The number of aromatic nitrogens is 2. The van der Waals surface area contributed by atoms with Gasteiger partial charge in [-0.2, -0.15) is 13.2 Å². The standard InChI is InChI=1S/C29H37ClF3N3O4Si/c1-41(2,3)16-15-39-20-36-19-23(29(31,32)33)27-26(8-9-34-28(27)36)40-25-7-6-21(18-24(25)30)17-22(37)5-4-10-35-11-13-38-14-12-35/h6-9,18-19H,4-5,10-17,20H2,1-3H3. The van der Waals surface area contributed by atoms with Gasteiger partial charge in [-0.25, -0.2) is 4.98 Å². The lowest BCUT2D eigenvalue weighted by molar-refractivity contribution is -0.136. The summed E-state index contributed by atoms with van der Waals surface area (Å²) in [6, 6.07) is 7.19. The van der Waals surface area contributed by atoms with Crippen molar-refractivity contribution in [3.05, 3.63) is 52.8 Å². The highest BCUT2D eigenvalue weighted by molar-refractivity contribution is 6.76. The molecule has 4 rings (SSSR count). The molecule has 3 aromatic rings. The van der Waals surface area contributed by atoms with E-state index in [0.29, 0.717) is 13.0 Å². The van der Waals surface area contributed by atoms with Gasteiger partial charge in [0.1, 0.15) is 29.7 Å². The largest absolute Gasteiger partial charge is 0.455 e. The molecule has 0 radical (unpaired) electrons. The summed E-state index contributed by atoms with van der Waals surface area (Å²) in [4.78, 5) is 19.0. The van der Waals surface area contributed by atoms with Crippen LogP contribution in [0, 0.1) is 0 Å². The van der Waals surface area contributed by atoms with Crippen LogP contribution in [-0.2, 0) is 33.6 Å². The number of fused-ring (bicyclic) bond motifs is 1. The number of carbonyl (C=O) groups excluding carboxylic acids is 1. The summed E-state index contributed by atoms with van der Waals surface area (Å²) >= 11 is 6.46. The minimum Gasteiger partial charge on any atom is -0.455 e. The van der Waals surface area contributed by atoms with Crippen molar-refractivity contribution in [2.45, 2.75) is 57.9 Å². The Morgan fingerprint density at radius 2 is 1.90 bits per heavy atom. The molecule has 12 heteroatoms. The van der Waals surface area contributed by atoms with Gasteiger partial charge in [0.15, 0.2) is 0 Å². The molecule has 1 aliphatic rings. The molecule has 1 aromatic carbocycles. The normalized spacial score (nSPS) is 15.0.